The van der Waals surface area contributed by atoms with Crippen molar-refractivity contribution in [3.63, 3.8) is 0 Å². The lowest BCUT2D eigenvalue weighted by atomic mass is 9.96. The standard InChI is InChI=1S/C21H28F3N3O2/c1-14(2)15-6-8-16(9-7-15)19-25-17(29-26-19)10-11-18(28)27(12-20(3,4)5)13-21(22,23)24/h6-9,14H,10-13H2,1-5H3. The molecule has 0 atom stereocenters. The van der Waals surface area contributed by atoms with Crippen LogP contribution in [0.2, 0.25) is 0 Å². The van der Waals surface area contributed by atoms with Crippen LogP contribution in [-0.2, 0) is 11.2 Å². The van der Waals surface area contributed by atoms with Crippen LogP contribution >= 0.6 is 0 Å². The number of benzene rings is 1. The second kappa shape index (κ2) is 8.97. The molecule has 0 aliphatic rings. The van der Waals surface area contributed by atoms with Gasteiger partial charge in [-0.1, -0.05) is 64.0 Å². The van der Waals surface area contributed by atoms with E-state index in [9.17, 15) is 18.0 Å². The molecule has 2 aromatic rings. The van der Waals surface area contributed by atoms with E-state index < -0.39 is 24.0 Å². The molecular weight excluding hydrogens is 383 g/mol. The number of carbonyl (C=O) groups is 1. The second-order valence-corrected chi connectivity index (χ2v) is 8.71. The van der Waals surface area contributed by atoms with Gasteiger partial charge in [0.05, 0.1) is 0 Å². The van der Waals surface area contributed by atoms with Crippen molar-refractivity contribution in [2.75, 3.05) is 13.1 Å². The van der Waals surface area contributed by atoms with Crippen molar-refractivity contribution >= 4 is 5.91 Å². The fourth-order valence-corrected chi connectivity index (χ4v) is 2.88. The minimum Gasteiger partial charge on any atom is -0.339 e. The van der Waals surface area contributed by atoms with Gasteiger partial charge in [0, 0.05) is 24.9 Å². The average molecular weight is 411 g/mol. The maximum atomic E-state index is 12.8. The van der Waals surface area contributed by atoms with Crippen molar-refractivity contribution in [1.29, 1.82) is 0 Å². The summed E-state index contributed by atoms with van der Waals surface area (Å²) in [6.45, 7) is 8.32. The molecule has 0 aliphatic heterocycles. The lowest BCUT2D eigenvalue weighted by molar-refractivity contribution is -0.163. The third-order valence-corrected chi connectivity index (χ3v) is 4.24. The first kappa shape index (κ1) is 22.9. The summed E-state index contributed by atoms with van der Waals surface area (Å²) in [6.07, 6.45) is -4.48. The van der Waals surface area contributed by atoms with E-state index >= 15 is 0 Å². The molecule has 5 nitrogen and oxygen atoms in total. The van der Waals surface area contributed by atoms with Crippen molar-refractivity contribution in [1.82, 2.24) is 15.0 Å². The maximum absolute atomic E-state index is 12.8. The van der Waals surface area contributed by atoms with Gasteiger partial charge in [-0.15, -0.1) is 0 Å². The molecule has 1 heterocycles. The first-order valence-corrected chi connectivity index (χ1v) is 9.61. The van der Waals surface area contributed by atoms with Crippen molar-refractivity contribution in [2.45, 2.75) is 59.6 Å². The number of aromatic nitrogens is 2. The van der Waals surface area contributed by atoms with Gasteiger partial charge in [-0.05, 0) is 16.9 Å². The molecule has 0 aliphatic carbocycles. The van der Waals surface area contributed by atoms with E-state index in [4.69, 9.17) is 4.52 Å². The summed E-state index contributed by atoms with van der Waals surface area (Å²) in [6, 6.07) is 7.76. The zero-order chi connectivity index (χ0) is 21.8. The van der Waals surface area contributed by atoms with Gasteiger partial charge in [0.2, 0.25) is 17.6 Å². The van der Waals surface area contributed by atoms with Gasteiger partial charge in [0.15, 0.2) is 0 Å². The summed E-state index contributed by atoms with van der Waals surface area (Å²) in [7, 11) is 0. The normalized spacial score (nSPS) is 12.4. The third kappa shape index (κ3) is 7.51. The number of nitrogens with zero attached hydrogens (tertiary/aromatic N) is 3. The summed E-state index contributed by atoms with van der Waals surface area (Å²) in [4.78, 5) is 17.5. The monoisotopic (exact) mass is 411 g/mol. The van der Waals surface area contributed by atoms with E-state index in [1.807, 2.05) is 24.3 Å². The lowest BCUT2D eigenvalue weighted by Crippen LogP contribution is -2.43. The molecule has 8 heteroatoms. The van der Waals surface area contributed by atoms with Crippen LogP contribution < -0.4 is 0 Å². The Morgan fingerprint density at radius 1 is 1.10 bits per heavy atom. The van der Waals surface area contributed by atoms with Crippen molar-refractivity contribution < 1.29 is 22.5 Å². The van der Waals surface area contributed by atoms with Crippen LogP contribution in [-0.4, -0.2) is 40.2 Å². The summed E-state index contributed by atoms with van der Waals surface area (Å²) in [5, 5.41) is 3.91. The molecule has 0 unspecified atom stereocenters. The minimum atomic E-state index is -4.44. The highest BCUT2D eigenvalue weighted by Gasteiger charge is 2.34. The van der Waals surface area contributed by atoms with Crippen molar-refractivity contribution in [2.24, 2.45) is 5.41 Å². The molecule has 0 bridgehead atoms. The van der Waals surface area contributed by atoms with Gasteiger partial charge in [-0.2, -0.15) is 18.2 Å². The number of rotatable bonds is 7. The maximum Gasteiger partial charge on any atom is 0.406 e. The fourth-order valence-electron chi connectivity index (χ4n) is 2.88. The molecule has 1 aromatic carbocycles. The molecule has 29 heavy (non-hydrogen) atoms. The smallest absolute Gasteiger partial charge is 0.339 e. The predicted molar refractivity (Wildman–Crippen MR) is 104 cm³/mol. The highest BCUT2D eigenvalue weighted by atomic mass is 19.4. The van der Waals surface area contributed by atoms with E-state index in [-0.39, 0.29) is 25.3 Å². The second-order valence-electron chi connectivity index (χ2n) is 8.71. The fraction of sp³-hybridized carbons (Fsp3) is 0.571. The number of aryl methyl sites for hydroxylation is 1. The van der Waals surface area contributed by atoms with Crippen LogP contribution in [0.4, 0.5) is 13.2 Å². The number of amides is 1. The highest BCUT2D eigenvalue weighted by molar-refractivity contribution is 5.76. The molecule has 1 aromatic heterocycles. The SMILES string of the molecule is CC(C)c1ccc(-c2noc(CCC(=O)N(CC(C)(C)C)CC(F)(F)F)n2)cc1. The number of hydrogen-bond donors (Lipinski definition) is 0. The van der Waals surface area contributed by atoms with Gasteiger partial charge in [-0.3, -0.25) is 4.79 Å². The zero-order valence-corrected chi connectivity index (χ0v) is 17.5. The summed E-state index contributed by atoms with van der Waals surface area (Å²) in [5.41, 5.74) is 1.52. The first-order chi connectivity index (χ1) is 13.3. The van der Waals surface area contributed by atoms with Crippen LogP contribution in [0.1, 0.15) is 58.4 Å². The summed E-state index contributed by atoms with van der Waals surface area (Å²) < 4.78 is 43.7. The van der Waals surface area contributed by atoms with E-state index in [0.29, 0.717) is 11.7 Å². The van der Waals surface area contributed by atoms with Crippen LogP contribution in [0.3, 0.4) is 0 Å². The number of halogens is 3. The molecular formula is C21H28F3N3O2. The Bertz CT molecular complexity index is 790. The summed E-state index contributed by atoms with van der Waals surface area (Å²) in [5.74, 6) is 0.440. The van der Waals surface area contributed by atoms with Crippen LogP contribution in [0, 0.1) is 5.41 Å². The molecule has 2 rings (SSSR count). The van der Waals surface area contributed by atoms with E-state index in [1.165, 1.54) is 5.56 Å². The van der Waals surface area contributed by atoms with E-state index in [0.717, 1.165) is 10.5 Å². The van der Waals surface area contributed by atoms with Gasteiger partial charge in [0.1, 0.15) is 6.54 Å². The molecule has 0 N–H and O–H groups in total. The Balaban J connectivity index is 2.01. The van der Waals surface area contributed by atoms with Gasteiger partial charge in [0.25, 0.3) is 0 Å². The minimum absolute atomic E-state index is 0.0165. The van der Waals surface area contributed by atoms with Gasteiger partial charge >= 0.3 is 6.18 Å². The quantitative estimate of drug-likeness (QED) is 0.626. The largest absolute Gasteiger partial charge is 0.406 e. The molecule has 0 radical (unpaired) electrons. The molecule has 0 saturated heterocycles. The van der Waals surface area contributed by atoms with E-state index in [1.54, 1.807) is 20.8 Å². The summed E-state index contributed by atoms with van der Waals surface area (Å²) >= 11 is 0. The first-order valence-electron chi connectivity index (χ1n) is 9.61. The lowest BCUT2D eigenvalue weighted by Gasteiger charge is -2.30. The number of hydrogen-bond acceptors (Lipinski definition) is 4. The van der Waals surface area contributed by atoms with Gasteiger partial charge in [-0.25, -0.2) is 0 Å². The molecule has 1 amide bonds. The zero-order valence-electron chi connectivity index (χ0n) is 17.5. The Hall–Kier alpha value is -2.38. The Labute approximate surface area is 169 Å². The van der Waals surface area contributed by atoms with Crippen LogP contribution in [0.5, 0.6) is 0 Å². The van der Waals surface area contributed by atoms with Crippen LogP contribution in [0.15, 0.2) is 28.8 Å². The Morgan fingerprint density at radius 3 is 2.24 bits per heavy atom. The topological polar surface area (TPSA) is 59.2 Å². The molecule has 0 fully saturated rings. The predicted octanol–water partition coefficient (Wildman–Crippen LogP) is 5.23. The molecule has 160 valence electrons. The van der Waals surface area contributed by atoms with E-state index in [2.05, 4.69) is 24.0 Å². The third-order valence-electron chi connectivity index (χ3n) is 4.24. The highest BCUT2D eigenvalue weighted by Crippen LogP contribution is 2.23. The molecule has 0 spiro atoms. The number of alkyl halides is 3. The average Bonchev–Trinajstić information content (AvgIpc) is 3.05. The Kier molecular flexibility index (Phi) is 7.08. The van der Waals surface area contributed by atoms with Crippen LogP contribution in [0.25, 0.3) is 11.4 Å². The molecule has 0 saturated carbocycles. The Morgan fingerprint density at radius 2 is 1.72 bits per heavy atom. The van der Waals surface area contributed by atoms with Gasteiger partial charge < -0.3 is 9.42 Å². The van der Waals surface area contributed by atoms with Crippen molar-refractivity contribution in [3.8, 4) is 11.4 Å². The van der Waals surface area contributed by atoms with Crippen molar-refractivity contribution in [3.05, 3.63) is 35.7 Å². The number of carbonyl (C=O) groups excluding carboxylic acids is 1.